The highest BCUT2D eigenvalue weighted by atomic mass is 32.2. The van der Waals surface area contributed by atoms with Crippen LogP contribution in [0.2, 0.25) is 0 Å². The summed E-state index contributed by atoms with van der Waals surface area (Å²) >= 11 is 1.44. The summed E-state index contributed by atoms with van der Waals surface area (Å²) in [5.41, 5.74) is 2.85. The maximum absolute atomic E-state index is 13.0. The van der Waals surface area contributed by atoms with Crippen molar-refractivity contribution in [2.24, 2.45) is 0 Å². The van der Waals surface area contributed by atoms with Crippen LogP contribution in [0, 0.1) is 6.92 Å². The molecule has 0 spiro atoms. The summed E-state index contributed by atoms with van der Waals surface area (Å²) in [5.74, 6) is 1.88. The van der Waals surface area contributed by atoms with Crippen LogP contribution in [0.4, 0.5) is 0 Å². The summed E-state index contributed by atoms with van der Waals surface area (Å²) in [7, 11) is 1.60. The third-order valence-corrected chi connectivity index (χ3v) is 6.75. The molecule has 4 rings (SSSR count). The zero-order valence-corrected chi connectivity index (χ0v) is 19.6. The number of ketones is 1. The van der Waals surface area contributed by atoms with Crippen molar-refractivity contribution in [1.82, 2.24) is 19.7 Å². The molecule has 168 valence electrons. The van der Waals surface area contributed by atoms with E-state index in [0.717, 1.165) is 36.2 Å². The molecule has 0 unspecified atom stereocenters. The van der Waals surface area contributed by atoms with Crippen molar-refractivity contribution in [1.29, 1.82) is 0 Å². The molecule has 3 aromatic rings. The van der Waals surface area contributed by atoms with Gasteiger partial charge in [-0.05, 0) is 50.6 Å². The molecule has 1 saturated heterocycles. The molecule has 1 aliphatic heterocycles. The fraction of sp³-hybridized carbons (Fsp3) is 0.400. The molecule has 0 aliphatic carbocycles. The minimum atomic E-state index is 0.0300. The largest absolute Gasteiger partial charge is 0.496 e. The van der Waals surface area contributed by atoms with Gasteiger partial charge in [-0.1, -0.05) is 60.1 Å². The fourth-order valence-electron chi connectivity index (χ4n) is 4.03. The number of piperidine rings is 1. The molecule has 0 amide bonds. The quantitative estimate of drug-likeness (QED) is 0.351. The topological polar surface area (TPSA) is 60.2 Å². The van der Waals surface area contributed by atoms with E-state index in [0.29, 0.717) is 17.9 Å². The molecule has 0 saturated carbocycles. The normalized spacial score (nSPS) is 14.4. The van der Waals surface area contributed by atoms with E-state index in [1.54, 1.807) is 7.11 Å². The zero-order valence-electron chi connectivity index (χ0n) is 18.8. The van der Waals surface area contributed by atoms with Crippen molar-refractivity contribution in [2.45, 2.75) is 44.4 Å². The van der Waals surface area contributed by atoms with Crippen molar-refractivity contribution in [3.63, 3.8) is 0 Å². The molecule has 2 aromatic carbocycles. The first kappa shape index (κ1) is 22.6. The summed E-state index contributed by atoms with van der Waals surface area (Å²) in [5, 5.41) is 9.77. The predicted molar refractivity (Wildman–Crippen MR) is 127 cm³/mol. The number of methoxy groups -OCH3 is 1. The predicted octanol–water partition coefficient (Wildman–Crippen LogP) is 4.60. The summed E-state index contributed by atoms with van der Waals surface area (Å²) in [6, 6.07) is 16.0. The first-order valence-corrected chi connectivity index (χ1v) is 12.1. The van der Waals surface area contributed by atoms with Gasteiger partial charge in [-0.15, -0.1) is 10.2 Å². The molecular formula is C25H30N4O2S. The molecule has 1 aliphatic rings. The monoisotopic (exact) mass is 450 g/mol. The van der Waals surface area contributed by atoms with Crippen molar-refractivity contribution in [3.8, 4) is 5.75 Å². The standard InChI is InChI=1S/C25H30N4O2S/c1-19-11-12-23(31-2)21(15-19)22(30)18-32-25-27-26-24(17-28-13-7-4-8-14-28)29(25)16-20-9-5-3-6-10-20/h3,5-6,9-12,15H,4,7-8,13-14,16-18H2,1-2H3. The number of carbonyl (C=O) groups excluding carboxylic acids is 1. The summed E-state index contributed by atoms with van der Waals surface area (Å²) < 4.78 is 7.56. The molecule has 1 aromatic heterocycles. The molecule has 0 radical (unpaired) electrons. The Hall–Kier alpha value is -2.64. The fourth-order valence-corrected chi connectivity index (χ4v) is 4.87. The Bertz CT molecular complexity index is 1050. The molecule has 0 atom stereocenters. The Kier molecular flexibility index (Phi) is 7.60. The van der Waals surface area contributed by atoms with Gasteiger partial charge in [0.1, 0.15) is 11.6 Å². The van der Waals surface area contributed by atoms with Crippen molar-refractivity contribution < 1.29 is 9.53 Å². The van der Waals surface area contributed by atoms with Crippen molar-refractivity contribution in [2.75, 3.05) is 26.0 Å². The van der Waals surface area contributed by atoms with Gasteiger partial charge in [0.25, 0.3) is 0 Å². The lowest BCUT2D eigenvalue weighted by atomic mass is 10.1. The number of likely N-dealkylation sites (tertiary alicyclic amines) is 1. The smallest absolute Gasteiger partial charge is 0.192 e. The number of hydrogen-bond acceptors (Lipinski definition) is 6. The second-order valence-corrected chi connectivity index (χ2v) is 9.17. The molecule has 2 heterocycles. The minimum Gasteiger partial charge on any atom is -0.496 e. The van der Waals surface area contributed by atoms with Crippen molar-refractivity contribution >= 4 is 17.5 Å². The molecule has 32 heavy (non-hydrogen) atoms. The van der Waals surface area contributed by atoms with Gasteiger partial charge in [0, 0.05) is 0 Å². The van der Waals surface area contributed by atoms with E-state index in [9.17, 15) is 4.79 Å². The number of hydrogen-bond donors (Lipinski definition) is 0. The van der Waals surface area contributed by atoms with Gasteiger partial charge in [0.05, 0.1) is 31.5 Å². The van der Waals surface area contributed by atoms with Gasteiger partial charge in [-0.2, -0.15) is 0 Å². The average molecular weight is 451 g/mol. The van der Waals surface area contributed by atoms with Gasteiger partial charge in [0.15, 0.2) is 10.9 Å². The van der Waals surface area contributed by atoms with Crippen LogP contribution < -0.4 is 4.74 Å². The van der Waals surface area contributed by atoms with E-state index in [-0.39, 0.29) is 11.5 Å². The third-order valence-electron chi connectivity index (χ3n) is 5.78. The number of ether oxygens (including phenoxy) is 1. The highest BCUT2D eigenvalue weighted by Crippen LogP contribution is 2.25. The van der Waals surface area contributed by atoms with Crippen LogP contribution in [0.1, 0.15) is 46.6 Å². The molecular weight excluding hydrogens is 420 g/mol. The van der Waals surface area contributed by atoms with E-state index in [2.05, 4.69) is 31.8 Å². The Morgan fingerprint density at radius 3 is 2.56 bits per heavy atom. The number of carbonyl (C=O) groups is 1. The van der Waals surface area contributed by atoms with Crippen molar-refractivity contribution in [3.05, 3.63) is 71.0 Å². The second-order valence-electron chi connectivity index (χ2n) is 8.22. The van der Waals surface area contributed by atoms with Crippen LogP contribution in [-0.2, 0) is 13.1 Å². The number of Topliss-reactive ketones (excluding diaryl/α,β-unsaturated/α-hetero) is 1. The van der Waals surface area contributed by atoms with E-state index < -0.39 is 0 Å². The summed E-state index contributed by atoms with van der Waals surface area (Å²) in [6.07, 6.45) is 3.78. The lowest BCUT2D eigenvalue weighted by Crippen LogP contribution is -2.30. The van der Waals surface area contributed by atoms with Crippen LogP contribution in [0.3, 0.4) is 0 Å². The number of benzene rings is 2. The van der Waals surface area contributed by atoms with Gasteiger partial charge < -0.3 is 9.30 Å². The minimum absolute atomic E-state index is 0.0300. The number of aromatic nitrogens is 3. The molecule has 1 fully saturated rings. The van der Waals surface area contributed by atoms with Crippen LogP contribution in [-0.4, -0.2) is 51.4 Å². The number of thioether (sulfide) groups is 1. The van der Waals surface area contributed by atoms with Gasteiger partial charge in [-0.25, -0.2) is 0 Å². The maximum Gasteiger partial charge on any atom is 0.192 e. The van der Waals surface area contributed by atoms with Crippen LogP contribution in [0.5, 0.6) is 5.75 Å². The highest BCUT2D eigenvalue weighted by Gasteiger charge is 2.20. The lowest BCUT2D eigenvalue weighted by molar-refractivity contribution is 0.101. The third kappa shape index (κ3) is 5.58. The molecule has 7 heteroatoms. The van der Waals surface area contributed by atoms with Crippen LogP contribution in [0.25, 0.3) is 0 Å². The van der Waals surface area contributed by atoms with E-state index >= 15 is 0 Å². The molecule has 0 N–H and O–H groups in total. The van der Waals surface area contributed by atoms with Crippen LogP contribution >= 0.6 is 11.8 Å². The van der Waals surface area contributed by atoms with Gasteiger partial charge >= 0.3 is 0 Å². The van der Waals surface area contributed by atoms with Gasteiger partial charge in [0.2, 0.25) is 0 Å². The van der Waals surface area contributed by atoms with E-state index in [1.165, 1.54) is 36.6 Å². The molecule has 0 bridgehead atoms. The number of aryl methyl sites for hydroxylation is 1. The Balaban J connectivity index is 1.53. The first-order chi connectivity index (χ1) is 15.6. The second kappa shape index (κ2) is 10.8. The first-order valence-electron chi connectivity index (χ1n) is 11.1. The average Bonchev–Trinajstić information content (AvgIpc) is 3.19. The Morgan fingerprint density at radius 1 is 1.03 bits per heavy atom. The summed E-state index contributed by atoms with van der Waals surface area (Å²) in [4.78, 5) is 15.4. The highest BCUT2D eigenvalue weighted by molar-refractivity contribution is 7.99. The number of rotatable bonds is 9. The summed E-state index contributed by atoms with van der Waals surface area (Å²) in [6.45, 7) is 5.67. The Morgan fingerprint density at radius 2 is 1.81 bits per heavy atom. The van der Waals surface area contributed by atoms with E-state index in [1.807, 2.05) is 43.3 Å². The molecule has 6 nitrogen and oxygen atoms in total. The Labute approximate surface area is 194 Å². The SMILES string of the molecule is COc1ccc(C)cc1C(=O)CSc1nnc(CN2CCCCC2)n1Cc1ccccc1. The number of nitrogens with zero attached hydrogens (tertiary/aromatic N) is 4. The van der Waals surface area contributed by atoms with Gasteiger partial charge in [-0.3, -0.25) is 9.69 Å². The van der Waals surface area contributed by atoms with Crippen LogP contribution in [0.15, 0.2) is 53.7 Å². The zero-order chi connectivity index (χ0) is 22.3. The maximum atomic E-state index is 13.0. The van der Waals surface area contributed by atoms with E-state index in [4.69, 9.17) is 4.74 Å². The lowest BCUT2D eigenvalue weighted by Gasteiger charge is -2.26.